The van der Waals surface area contributed by atoms with Crippen molar-refractivity contribution in [3.05, 3.63) is 47.8 Å². The van der Waals surface area contributed by atoms with Crippen LogP contribution in [0, 0.1) is 0 Å². The van der Waals surface area contributed by atoms with Crippen LogP contribution in [0.2, 0.25) is 0 Å². The van der Waals surface area contributed by atoms with Crippen LogP contribution >= 0.6 is 11.3 Å². The van der Waals surface area contributed by atoms with Crippen molar-refractivity contribution in [1.29, 1.82) is 0 Å². The Morgan fingerprint density at radius 3 is 2.38 bits per heavy atom. The highest BCUT2D eigenvalue weighted by Gasteiger charge is 2.32. The van der Waals surface area contributed by atoms with Crippen LogP contribution in [0.1, 0.15) is 13.8 Å². The molecule has 0 N–H and O–H groups in total. The Balaban J connectivity index is 1.48. The third kappa shape index (κ3) is 4.72. The van der Waals surface area contributed by atoms with Crippen molar-refractivity contribution in [2.75, 3.05) is 44.3 Å². The second-order valence-electron chi connectivity index (χ2n) is 7.12. The molecule has 8 nitrogen and oxygen atoms in total. The van der Waals surface area contributed by atoms with Gasteiger partial charge >= 0.3 is 0 Å². The number of hydrogen-bond acceptors (Lipinski definition) is 8. The minimum atomic E-state index is -3.73. The van der Waals surface area contributed by atoms with Crippen molar-refractivity contribution in [2.24, 2.45) is 0 Å². The fourth-order valence-corrected chi connectivity index (χ4v) is 5.83. The van der Waals surface area contributed by atoms with Gasteiger partial charge in [0.2, 0.25) is 10.0 Å². The van der Waals surface area contributed by atoms with Gasteiger partial charge < -0.3 is 14.4 Å². The van der Waals surface area contributed by atoms with Gasteiger partial charge in [-0.15, -0.1) is 21.5 Å². The summed E-state index contributed by atoms with van der Waals surface area (Å²) in [4.78, 5) is 3.26. The summed E-state index contributed by atoms with van der Waals surface area (Å²) in [7, 11) is -3.73. The number of benzene rings is 1. The Morgan fingerprint density at radius 1 is 0.969 bits per heavy atom. The molecule has 10 heteroatoms. The van der Waals surface area contributed by atoms with Crippen molar-refractivity contribution in [2.45, 2.75) is 18.7 Å². The molecule has 0 radical (unpaired) electrons. The van der Waals surface area contributed by atoms with E-state index in [1.165, 1.54) is 4.31 Å². The Hall–Kier alpha value is -2.69. The van der Waals surface area contributed by atoms with Gasteiger partial charge in [0.25, 0.3) is 0 Å². The zero-order chi connectivity index (χ0) is 22.6. The molecule has 0 amide bonds. The lowest BCUT2D eigenvalue weighted by atomic mass is 10.3. The Morgan fingerprint density at radius 2 is 1.75 bits per heavy atom. The summed E-state index contributed by atoms with van der Waals surface area (Å²) in [6.45, 7) is 6.28. The molecule has 1 aliphatic rings. The SMILES string of the molecule is CCOc1ccc(OCC)c(S(=O)(=O)N2CCN(c3ccc(-c4cccs4)nn3)CC2)c1. The number of ether oxygens (including phenoxy) is 2. The van der Waals surface area contributed by atoms with E-state index in [0.717, 1.165) is 16.4 Å². The molecule has 1 fully saturated rings. The molecule has 1 saturated heterocycles. The van der Waals surface area contributed by atoms with E-state index >= 15 is 0 Å². The number of nitrogens with zero attached hydrogens (tertiary/aromatic N) is 4. The lowest BCUT2D eigenvalue weighted by Crippen LogP contribution is -2.49. The van der Waals surface area contributed by atoms with E-state index in [4.69, 9.17) is 9.47 Å². The summed E-state index contributed by atoms with van der Waals surface area (Å²) in [5, 5.41) is 10.7. The number of hydrogen-bond donors (Lipinski definition) is 0. The lowest BCUT2D eigenvalue weighted by molar-refractivity contribution is 0.319. The van der Waals surface area contributed by atoms with Crippen molar-refractivity contribution in [1.82, 2.24) is 14.5 Å². The predicted molar refractivity (Wildman–Crippen MR) is 125 cm³/mol. The molecule has 0 spiro atoms. The molecule has 3 heterocycles. The minimum Gasteiger partial charge on any atom is -0.494 e. The molecular weight excluding hydrogens is 448 g/mol. The maximum absolute atomic E-state index is 13.4. The molecule has 32 heavy (non-hydrogen) atoms. The van der Waals surface area contributed by atoms with Crippen molar-refractivity contribution in [3.8, 4) is 22.1 Å². The summed E-state index contributed by atoms with van der Waals surface area (Å²) in [5.41, 5.74) is 0.836. The Bertz CT molecular complexity index is 1130. The van der Waals surface area contributed by atoms with E-state index in [9.17, 15) is 8.42 Å². The normalized spacial score (nSPS) is 15.0. The summed E-state index contributed by atoms with van der Waals surface area (Å²) in [5.74, 6) is 1.60. The lowest BCUT2D eigenvalue weighted by Gasteiger charge is -2.34. The fraction of sp³-hybridized carbons (Fsp3) is 0.364. The second kappa shape index (κ2) is 9.85. The van der Waals surface area contributed by atoms with Gasteiger partial charge in [-0.2, -0.15) is 4.31 Å². The molecule has 3 aromatic rings. The summed E-state index contributed by atoms with van der Waals surface area (Å²) >= 11 is 1.62. The Labute approximate surface area is 192 Å². The van der Waals surface area contributed by atoms with Crippen molar-refractivity contribution in [3.63, 3.8) is 0 Å². The van der Waals surface area contributed by atoms with Gasteiger partial charge in [-0.05, 0) is 49.6 Å². The third-order valence-electron chi connectivity index (χ3n) is 5.13. The zero-order valence-corrected chi connectivity index (χ0v) is 19.7. The number of rotatable bonds is 8. The quantitative estimate of drug-likeness (QED) is 0.494. The van der Waals surface area contributed by atoms with Crippen LogP contribution in [0.4, 0.5) is 5.82 Å². The molecule has 0 saturated carbocycles. The average molecular weight is 475 g/mol. The van der Waals surface area contributed by atoms with Crippen LogP contribution in [-0.2, 0) is 10.0 Å². The maximum Gasteiger partial charge on any atom is 0.247 e. The van der Waals surface area contributed by atoms with Crippen molar-refractivity contribution >= 4 is 27.2 Å². The maximum atomic E-state index is 13.4. The highest BCUT2D eigenvalue weighted by molar-refractivity contribution is 7.89. The highest BCUT2D eigenvalue weighted by Crippen LogP contribution is 2.32. The second-order valence-corrected chi connectivity index (χ2v) is 9.97. The molecule has 1 aliphatic heterocycles. The van der Waals surface area contributed by atoms with Gasteiger partial charge in [-0.3, -0.25) is 0 Å². The van der Waals surface area contributed by atoms with E-state index in [0.29, 0.717) is 50.9 Å². The monoisotopic (exact) mass is 474 g/mol. The van der Waals surface area contributed by atoms with Gasteiger partial charge in [0.05, 0.1) is 18.1 Å². The van der Waals surface area contributed by atoms with E-state index in [1.54, 1.807) is 29.5 Å². The van der Waals surface area contributed by atoms with Crippen LogP contribution in [0.15, 0.2) is 52.7 Å². The van der Waals surface area contributed by atoms with Gasteiger partial charge in [0, 0.05) is 32.2 Å². The first kappa shape index (κ1) is 22.5. The summed E-state index contributed by atoms with van der Waals surface area (Å²) in [6, 6.07) is 12.8. The van der Waals surface area contributed by atoms with Gasteiger partial charge in [0.15, 0.2) is 5.82 Å². The summed E-state index contributed by atoms with van der Waals surface area (Å²) in [6.07, 6.45) is 0. The van der Waals surface area contributed by atoms with Crippen molar-refractivity contribution < 1.29 is 17.9 Å². The van der Waals surface area contributed by atoms with Crippen LogP contribution in [0.25, 0.3) is 10.6 Å². The zero-order valence-electron chi connectivity index (χ0n) is 18.1. The topological polar surface area (TPSA) is 84.9 Å². The first-order chi connectivity index (χ1) is 15.5. The van der Waals surface area contributed by atoms with Gasteiger partial charge in [0.1, 0.15) is 22.1 Å². The molecule has 0 unspecified atom stereocenters. The average Bonchev–Trinajstić information content (AvgIpc) is 3.36. The summed E-state index contributed by atoms with van der Waals surface area (Å²) < 4.78 is 39.4. The number of piperazine rings is 1. The smallest absolute Gasteiger partial charge is 0.247 e. The van der Waals surface area contributed by atoms with Crippen LogP contribution < -0.4 is 14.4 Å². The molecule has 0 aliphatic carbocycles. The highest BCUT2D eigenvalue weighted by atomic mass is 32.2. The van der Waals surface area contributed by atoms with Crippen LogP contribution in [-0.4, -0.2) is 62.3 Å². The predicted octanol–water partition coefficient (Wildman–Crippen LogP) is 3.51. The number of aromatic nitrogens is 2. The molecular formula is C22H26N4O4S2. The molecule has 2 aromatic heterocycles. The van der Waals surface area contributed by atoms with E-state index < -0.39 is 10.0 Å². The Kier molecular flexibility index (Phi) is 6.92. The molecule has 0 bridgehead atoms. The van der Waals surface area contributed by atoms with E-state index in [1.807, 2.05) is 43.5 Å². The van der Waals surface area contributed by atoms with Crippen LogP contribution in [0.3, 0.4) is 0 Å². The van der Waals surface area contributed by atoms with E-state index in [-0.39, 0.29) is 4.90 Å². The molecule has 4 rings (SSSR count). The standard InChI is InChI=1S/C22H26N4O4S2/c1-3-29-17-7-9-19(30-4-2)21(16-17)32(27,28)26-13-11-25(12-14-26)22-10-8-18(23-24-22)20-6-5-15-31-20/h5-10,15-16H,3-4,11-14H2,1-2H3. The minimum absolute atomic E-state index is 0.138. The first-order valence-electron chi connectivity index (χ1n) is 10.5. The number of sulfonamides is 1. The number of thiophene rings is 1. The van der Waals surface area contributed by atoms with Crippen LogP contribution in [0.5, 0.6) is 11.5 Å². The first-order valence-corrected chi connectivity index (χ1v) is 12.9. The van der Waals surface area contributed by atoms with Gasteiger partial charge in [-0.1, -0.05) is 6.07 Å². The number of anilines is 1. The molecule has 170 valence electrons. The van der Waals surface area contributed by atoms with E-state index in [2.05, 4.69) is 15.1 Å². The molecule has 0 atom stereocenters. The molecule has 1 aromatic carbocycles. The third-order valence-corrected chi connectivity index (χ3v) is 7.94. The largest absolute Gasteiger partial charge is 0.494 e. The fourth-order valence-electron chi connectivity index (χ4n) is 3.57. The van der Waals surface area contributed by atoms with Gasteiger partial charge in [-0.25, -0.2) is 8.42 Å².